The highest BCUT2D eigenvalue weighted by Gasteiger charge is 2.16. The van der Waals surface area contributed by atoms with Gasteiger partial charge in [-0.2, -0.15) is 0 Å². The fourth-order valence-electron chi connectivity index (χ4n) is 3.85. The third-order valence-electron chi connectivity index (χ3n) is 5.71. The van der Waals surface area contributed by atoms with Gasteiger partial charge in [0.1, 0.15) is 18.2 Å². The number of hydrogen-bond acceptors (Lipinski definition) is 2. The van der Waals surface area contributed by atoms with Gasteiger partial charge in [-0.3, -0.25) is 0 Å². The fourth-order valence-corrected chi connectivity index (χ4v) is 3.85. The highest BCUT2D eigenvalue weighted by molar-refractivity contribution is 5.69. The van der Waals surface area contributed by atoms with Gasteiger partial charge in [0.15, 0.2) is 0 Å². The predicted octanol–water partition coefficient (Wildman–Crippen LogP) is 6.85. The van der Waals surface area contributed by atoms with E-state index in [2.05, 4.69) is 26.5 Å². The smallest absolute Gasteiger partial charge is 0.123 e. The van der Waals surface area contributed by atoms with Crippen LogP contribution in [0.3, 0.4) is 0 Å². The summed E-state index contributed by atoms with van der Waals surface area (Å²) in [4.78, 5) is 0. The van der Waals surface area contributed by atoms with Crippen LogP contribution in [0.25, 0.3) is 5.57 Å². The number of benzene rings is 2. The van der Waals surface area contributed by atoms with Crippen LogP contribution in [0.15, 0.2) is 54.3 Å². The normalized spacial score (nSPS) is 14.2. The Hall–Kier alpha value is -2.55. The first-order chi connectivity index (χ1) is 13.5. The second-order valence-corrected chi connectivity index (χ2v) is 7.62. The molecule has 28 heavy (non-hydrogen) atoms. The lowest BCUT2D eigenvalue weighted by Crippen LogP contribution is -2.09. The van der Waals surface area contributed by atoms with E-state index in [9.17, 15) is 9.50 Å². The molecular formula is C25H29FO2. The summed E-state index contributed by atoms with van der Waals surface area (Å²) in [6, 6.07) is 10.9. The number of rotatable bonds is 7. The molecule has 3 heteroatoms. The maximum Gasteiger partial charge on any atom is 0.123 e. The molecule has 0 saturated heterocycles. The van der Waals surface area contributed by atoms with E-state index >= 15 is 0 Å². The molecule has 0 heterocycles. The van der Waals surface area contributed by atoms with Crippen LogP contribution in [0, 0.1) is 19.7 Å². The molecular weight excluding hydrogens is 351 g/mol. The summed E-state index contributed by atoms with van der Waals surface area (Å²) in [6.45, 7) is 8.31. The molecule has 2 aromatic carbocycles. The Morgan fingerprint density at radius 2 is 1.75 bits per heavy atom. The fraction of sp³-hybridized carbons (Fsp3) is 0.360. The van der Waals surface area contributed by atoms with E-state index in [1.165, 1.54) is 47.2 Å². The van der Waals surface area contributed by atoms with Gasteiger partial charge in [-0.1, -0.05) is 24.8 Å². The SMILES string of the molecule is C=C(O)CCc1ccc(OCC2=C(c3ccc(F)cc3)CCCC2)c(C)c1C. The number of aliphatic hydroxyl groups is 1. The molecule has 0 atom stereocenters. The zero-order valence-corrected chi connectivity index (χ0v) is 16.9. The van der Waals surface area contributed by atoms with Gasteiger partial charge in [0.25, 0.3) is 0 Å². The highest BCUT2D eigenvalue weighted by atomic mass is 19.1. The Morgan fingerprint density at radius 3 is 2.46 bits per heavy atom. The van der Waals surface area contributed by atoms with Crippen LogP contribution in [0.4, 0.5) is 4.39 Å². The minimum atomic E-state index is -0.200. The van der Waals surface area contributed by atoms with Crippen molar-refractivity contribution < 1.29 is 14.2 Å². The third kappa shape index (κ3) is 4.83. The molecule has 0 amide bonds. The lowest BCUT2D eigenvalue weighted by atomic mass is 9.87. The van der Waals surface area contributed by atoms with Crippen LogP contribution in [-0.4, -0.2) is 11.7 Å². The quantitative estimate of drug-likeness (QED) is 0.532. The van der Waals surface area contributed by atoms with Crippen molar-refractivity contribution in [2.75, 3.05) is 6.61 Å². The Labute approximate surface area is 167 Å². The van der Waals surface area contributed by atoms with Crippen molar-refractivity contribution in [1.29, 1.82) is 0 Å². The summed E-state index contributed by atoms with van der Waals surface area (Å²) < 4.78 is 19.5. The molecule has 148 valence electrons. The Bertz CT molecular complexity index is 878. The van der Waals surface area contributed by atoms with Gasteiger partial charge in [-0.05, 0) is 97.6 Å². The van der Waals surface area contributed by atoms with Crippen LogP contribution in [-0.2, 0) is 6.42 Å². The summed E-state index contributed by atoms with van der Waals surface area (Å²) in [6.07, 6.45) is 5.74. The number of aliphatic hydroxyl groups excluding tert-OH is 1. The van der Waals surface area contributed by atoms with Gasteiger partial charge in [0.05, 0.1) is 5.76 Å². The molecule has 0 saturated carbocycles. The second-order valence-electron chi connectivity index (χ2n) is 7.62. The van der Waals surface area contributed by atoms with Gasteiger partial charge < -0.3 is 9.84 Å². The average molecular weight is 381 g/mol. The van der Waals surface area contributed by atoms with Crippen molar-refractivity contribution in [2.24, 2.45) is 0 Å². The van der Waals surface area contributed by atoms with Gasteiger partial charge in [0, 0.05) is 6.42 Å². The molecule has 0 aliphatic heterocycles. The topological polar surface area (TPSA) is 29.5 Å². The van der Waals surface area contributed by atoms with Crippen molar-refractivity contribution in [3.05, 3.63) is 82.4 Å². The molecule has 1 N–H and O–H groups in total. The second kappa shape index (κ2) is 9.09. The monoisotopic (exact) mass is 380 g/mol. The van der Waals surface area contributed by atoms with Crippen molar-refractivity contribution in [1.82, 2.24) is 0 Å². The van der Waals surface area contributed by atoms with Gasteiger partial charge in [-0.15, -0.1) is 0 Å². The van der Waals surface area contributed by atoms with E-state index < -0.39 is 0 Å². The maximum atomic E-state index is 13.3. The zero-order chi connectivity index (χ0) is 20.1. The van der Waals surface area contributed by atoms with E-state index in [0.29, 0.717) is 13.0 Å². The number of ether oxygens (including phenoxy) is 1. The van der Waals surface area contributed by atoms with Crippen LogP contribution >= 0.6 is 0 Å². The predicted molar refractivity (Wildman–Crippen MR) is 113 cm³/mol. The van der Waals surface area contributed by atoms with E-state index in [1.807, 2.05) is 18.2 Å². The van der Waals surface area contributed by atoms with Gasteiger partial charge in [-0.25, -0.2) is 4.39 Å². The standard InChI is InChI=1S/C25H29FO2/c1-17(27)8-9-20-12-15-25(19(3)18(20)2)28-16-22-6-4-5-7-24(22)21-10-13-23(26)14-11-21/h10-15,27H,1,4-9,16H2,2-3H3. The van der Waals surface area contributed by atoms with Crippen molar-refractivity contribution >= 4 is 5.57 Å². The summed E-state index contributed by atoms with van der Waals surface area (Å²) in [7, 11) is 0. The first-order valence-corrected chi connectivity index (χ1v) is 10.0. The minimum absolute atomic E-state index is 0.200. The largest absolute Gasteiger partial charge is 0.513 e. The van der Waals surface area contributed by atoms with E-state index in [-0.39, 0.29) is 11.6 Å². The first kappa shape index (κ1) is 20.2. The number of halogens is 1. The molecule has 0 aromatic heterocycles. The Balaban J connectivity index is 1.77. The summed E-state index contributed by atoms with van der Waals surface area (Å²) in [5.41, 5.74) is 7.28. The average Bonchev–Trinajstić information content (AvgIpc) is 2.69. The van der Waals surface area contributed by atoms with Gasteiger partial charge >= 0.3 is 0 Å². The lowest BCUT2D eigenvalue weighted by Gasteiger charge is -2.22. The molecule has 0 bridgehead atoms. The number of hydrogen-bond donors (Lipinski definition) is 1. The minimum Gasteiger partial charge on any atom is -0.513 e. The van der Waals surface area contributed by atoms with Crippen LogP contribution in [0.5, 0.6) is 5.75 Å². The molecule has 0 unspecified atom stereocenters. The number of allylic oxidation sites excluding steroid dienone is 2. The van der Waals surface area contributed by atoms with Crippen LogP contribution < -0.4 is 4.74 Å². The molecule has 0 radical (unpaired) electrons. The van der Waals surface area contributed by atoms with Gasteiger partial charge in [0.2, 0.25) is 0 Å². The van der Waals surface area contributed by atoms with E-state index in [1.54, 1.807) is 0 Å². The molecule has 3 rings (SSSR count). The zero-order valence-electron chi connectivity index (χ0n) is 16.9. The van der Waals surface area contributed by atoms with Crippen LogP contribution in [0.1, 0.15) is 54.4 Å². The molecule has 2 nitrogen and oxygen atoms in total. The van der Waals surface area contributed by atoms with E-state index in [0.717, 1.165) is 36.1 Å². The van der Waals surface area contributed by atoms with Crippen molar-refractivity contribution in [3.8, 4) is 5.75 Å². The molecule has 1 aliphatic rings. The summed E-state index contributed by atoms with van der Waals surface area (Å²) in [5.74, 6) is 0.921. The molecule has 0 spiro atoms. The van der Waals surface area contributed by atoms with Crippen molar-refractivity contribution in [3.63, 3.8) is 0 Å². The van der Waals surface area contributed by atoms with E-state index in [4.69, 9.17) is 4.74 Å². The number of aryl methyl sites for hydroxylation is 1. The van der Waals surface area contributed by atoms with Crippen molar-refractivity contribution in [2.45, 2.75) is 52.4 Å². The Kier molecular flexibility index (Phi) is 6.56. The van der Waals surface area contributed by atoms with Crippen LogP contribution in [0.2, 0.25) is 0 Å². The molecule has 0 fully saturated rings. The molecule has 2 aromatic rings. The first-order valence-electron chi connectivity index (χ1n) is 10.0. The third-order valence-corrected chi connectivity index (χ3v) is 5.71. The maximum absolute atomic E-state index is 13.3. The highest BCUT2D eigenvalue weighted by Crippen LogP contribution is 2.33. The summed E-state index contributed by atoms with van der Waals surface area (Å²) >= 11 is 0. The summed E-state index contributed by atoms with van der Waals surface area (Å²) in [5, 5.41) is 9.35. The lowest BCUT2D eigenvalue weighted by molar-refractivity contribution is 0.342. The Morgan fingerprint density at radius 1 is 1.04 bits per heavy atom. The molecule has 1 aliphatic carbocycles.